The van der Waals surface area contributed by atoms with Crippen LogP contribution in [0, 0.1) is 10.1 Å². The molecule has 0 aliphatic carbocycles. The standard InChI is InChI=1S/C7H15N3O3/c1-8(10(11)12)2-3-9-4-6-13-7-5-9/h2-7H2,1H3. The van der Waals surface area contributed by atoms with E-state index in [0.29, 0.717) is 6.54 Å². The predicted molar refractivity (Wildman–Crippen MR) is 46.9 cm³/mol. The van der Waals surface area contributed by atoms with Gasteiger partial charge in [-0.05, 0) is 0 Å². The highest BCUT2D eigenvalue weighted by molar-refractivity contribution is 4.61. The molecule has 0 bridgehead atoms. The van der Waals surface area contributed by atoms with E-state index >= 15 is 0 Å². The predicted octanol–water partition coefficient (Wildman–Crippen LogP) is -0.558. The summed E-state index contributed by atoms with van der Waals surface area (Å²) in [6.07, 6.45) is 0. The lowest BCUT2D eigenvalue weighted by Crippen LogP contribution is -2.41. The summed E-state index contributed by atoms with van der Waals surface area (Å²) in [4.78, 5) is 12.4. The smallest absolute Gasteiger partial charge is 0.159 e. The van der Waals surface area contributed by atoms with Crippen molar-refractivity contribution in [1.82, 2.24) is 9.91 Å². The number of nitrogens with zero attached hydrogens (tertiary/aromatic N) is 3. The topological polar surface area (TPSA) is 58.8 Å². The summed E-state index contributed by atoms with van der Waals surface area (Å²) in [5, 5.41) is 11.0. The minimum atomic E-state index is -0.388. The van der Waals surface area contributed by atoms with Crippen molar-refractivity contribution < 1.29 is 9.77 Å². The molecule has 13 heavy (non-hydrogen) atoms. The van der Waals surface area contributed by atoms with Crippen LogP contribution in [0.3, 0.4) is 0 Å². The molecular formula is C7H15N3O3. The van der Waals surface area contributed by atoms with Gasteiger partial charge in [0.1, 0.15) is 0 Å². The second-order valence-electron chi connectivity index (χ2n) is 3.07. The molecule has 0 aromatic carbocycles. The lowest BCUT2D eigenvalue weighted by atomic mass is 10.4. The van der Waals surface area contributed by atoms with E-state index in [2.05, 4.69) is 4.90 Å². The molecule has 0 radical (unpaired) electrons. The zero-order valence-electron chi connectivity index (χ0n) is 7.81. The van der Waals surface area contributed by atoms with Crippen LogP contribution in [0.4, 0.5) is 0 Å². The summed E-state index contributed by atoms with van der Waals surface area (Å²) < 4.78 is 5.16. The van der Waals surface area contributed by atoms with E-state index in [1.807, 2.05) is 0 Å². The molecule has 0 unspecified atom stereocenters. The van der Waals surface area contributed by atoms with Gasteiger partial charge in [0.05, 0.1) is 26.8 Å². The molecule has 0 saturated carbocycles. The monoisotopic (exact) mass is 189 g/mol. The van der Waals surface area contributed by atoms with Crippen LogP contribution in [0.5, 0.6) is 0 Å². The zero-order valence-corrected chi connectivity index (χ0v) is 7.81. The molecule has 1 saturated heterocycles. The fourth-order valence-electron chi connectivity index (χ4n) is 1.19. The summed E-state index contributed by atoms with van der Waals surface area (Å²) in [5.41, 5.74) is 0. The molecule has 0 N–H and O–H groups in total. The molecule has 1 aliphatic rings. The molecule has 6 nitrogen and oxygen atoms in total. The Bertz CT molecular complexity index is 170. The van der Waals surface area contributed by atoms with Gasteiger partial charge in [0.25, 0.3) is 0 Å². The van der Waals surface area contributed by atoms with E-state index in [-0.39, 0.29) is 5.03 Å². The lowest BCUT2D eigenvalue weighted by Gasteiger charge is -2.26. The second kappa shape index (κ2) is 4.98. The Morgan fingerprint density at radius 1 is 1.54 bits per heavy atom. The first-order valence-electron chi connectivity index (χ1n) is 4.35. The third-order valence-corrected chi connectivity index (χ3v) is 2.12. The Balaban J connectivity index is 2.13. The van der Waals surface area contributed by atoms with E-state index in [9.17, 15) is 10.1 Å². The first kappa shape index (κ1) is 10.2. The number of hydrogen-bond acceptors (Lipinski definition) is 4. The number of morpholine rings is 1. The average molecular weight is 189 g/mol. The van der Waals surface area contributed by atoms with Crippen molar-refractivity contribution in [2.75, 3.05) is 46.4 Å². The van der Waals surface area contributed by atoms with Gasteiger partial charge in [-0.3, -0.25) is 4.90 Å². The number of ether oxygens (including phenoxy) is 1. The molecule has 1 fully saturated rings. The maximum absolute atomic E-state index is 10.3. The Kier molecular flexibility index (Phi) is 3.91. The van der Waals surface area contributed by atoms with Gasteiger partial charge in [0.15, 0.2) is 5.03 Å². The van der Waals surface area contributed by atoms with Crippen molar-refractivity contribution in [3.8, 4) is 0 Å². The van der Waals surface area contributed by atoms with E-state index in [4.69, 9.17) is 4.74 Å². The van der Waals surface area contributed by atoms with Crippen molar-refractivity contribution in [3.63, 3.8) is 0 Å². The Morgan fingerprint density at radius 3 is 2.69 bits per heavy atom. The van der Waals surface area contributed by atoms with Crippen molar-refractivity contribution in [3.05, 3.63) is 10.1 Å². The third-order valence-electron chi connectivity index (χ3n) is 2.12. The van der Waals surface area contributed by atoms with E-state index in [1.54, 1.807) is 0 Å². The van der Waals surface area contributed by atoms with E-state index < -0.39 is 0 Å². The van der Waals surface area contributed by atoms with Crippen molar-refractivity contribution in [2.24, 2.45) is 0 Å². The average Bonchev–Trinajstić information content (AvgIpc) is 2.15. The van der Waals surface area contributed by atoms with Crippen LogP contribution in [-0.2, 0) is 4.74 Å². The third kappa shape index (κ3) is 3.56. The molecule has 1 rings (SSSR count). The van der Waals surface area contributed by atoms with Crippen molar-refractivity contribution in [2.45, 2.75) is 0 Å². The van der Waals surface area contributed by atoms with Crippen LogP contribution in [0.15, 0.2) is 0 Å². The largest absolute Gasteiger partial charge is 0.379 e. The van der Waals surface area contributed by atoms with Gasteiger partial charge in [0, 0.05) is 19.6 Å². The van der Waals surface area contributed by atoms with Crippen LogP contribution in [0.25, 0.3) is 0 Å². The summed E-state index contributed by atoms with van der Waals surface area (Å²) in [6.45, 7) is 4.44. The molecule has 1 heterocycles. The van der Waals surface area contributed by atoms with Crippen LogP contribution in [0.1, 0.15) is 0 Å². The number of likely N-dealkylation sites (N-methyl/N-ethyl adjacent to an activating group) is 1. The molecular weight excluding hydrogens is 174 g/mol. The van der Waals surface area contributed by atoms with Crippen LogP contribution in [-0.4, -0.2) is 61.4 Å². The molecule has 0 aromatic heterocycles. The SMILES string of the molecule is CN(CCN1CCOCC1)[N+](=O)[O-]. The summed E-state index contributed by atoms with van der Waals surface area (Å²) in [6, 6.07) is 0. The number of nitro groups is 1. The Hall–Kier alpha value is -0.880. The van der Waals surface area contributed by atoms with Gasteiger partial charge in [-0.2, -0.15) is 0 Å². The van der Waals surface area contributed by atoms with Gasteiger partial charge in [-0.15, -0.1) is 5.01 Å². The Labute approximate surface area is 77.2 Å². The fraction of sp³-hybridized carbons (Fsp3) is 1.00. The van der Waals surface area contributed by atoms with Crippen molar-refractivity contribution >= 4 is 0 Å². The quantitative estimate of drug-likeness (QED) is 0.438. The number of hydrazine groups is 1. The maximum atomic E-state index is 10.3. The molecule has 76 valence electrons. The molecule has 0 atom stereocenters. The van der Waals surface area contributed by atoms with Crippen LogP contribution < -0.4 is 0 Å². The highest BCUT2D eigenvalue weighted by Crippen LogP contribution is 1.96. The molecule has 1 aliphatic heterocycles. The van der Waals surface area contributed by atoms with Gasteiger partial charge >= 0.3 is 0 Å². The molecule has 0 aromatic rings. The van der Waals surface area contributed by atoms with E-state index in [1.165, 1.54) is 7.05 Å². The lowest BCUT2D eigenvalue weighted by molar-refractivity contribution is -0.648. The molecule has 6 heteroatoms. The summed E-state index contributed by atoms with van der Waals surface area (Å²) in [5.74, 6) is 0. The molecule has 0 spiro atoms. The van der Waals surface area contributed by atoms with Gasteiger partial charge in [-0.1, -0.05) is 0 Å². The van der Waals surface area contributed by atoms with Gasteiger partial charge < -0.3 is 4.74 Å². The molecule has 0 amide bonds. The fourth-order valence-corrected chi connectivity index (χ4v) is 1.19. The summed E-state index contributed by atoms with van der Waals surface area (Å²) in [7, 11) is 1.49. The first-order valence-corrected chi connectivity index (χ1v) is 4.35. The second-order valence-corrected chi connectivity index (χ2v) is 3.07. The normalized spacial score (nSPS) is 18.5. The minimum Gasteiger partial charge on any atom is -0.379 e. The van der Waals surface area contributed by atoms with Crippen LogP contribution in [0.2, 0.25) is 0 Å². The number of hydrogen-bond donors (Lipinski definition) is 0. The highest BCUT2D eigenvalue weighted by Gasteiger charge is 2.13. The Morgan fingerprint density at radius 2 is 2.15 bits per heavy atom. The van der Waals surface area contributed by atoms with Gasteiger partial charge in [0.2, 0.25) is 0 Å². The van der Waals surface area contributed by atoms with E-state index in [0.717, 1.165) is 37.9 Å². The number of rotatable bonds is 4. The van der Waals surface area contributed by atoms with Crippen LogP contribution >= 0.6 is 0 Å². The first-order chi connectivity index (χ1) is 6.20. The van der Waals surface area contributed by atoms with Gasteiger partial charge in [-0.25, -0.2) is 10.1 Å². The summed E-state index contributed by atoms with van der Waals surface area (Å²) >= 11 is 0. The zero-order chi connectivity index (χ0) is 9.68. The maximum Gasteiger partial charge on any atom is 0.159 e. The van der Waals surface area contributed by atoms with Crippen molar-refractivity contribution in [1.29, 1.82) is 0 Å². The highest BCUT2D eigenvalue weighted by atomic mass is 16.7. The minimum absolute atomic E-state index is 0.388.